The number of carboxylic acids is 1. The van der Waals surface area contributed by atoms with Gasteiger partial charge in [-0.2, -0.15) is 0 Å². The number of aromatic nitrogens is 2. The van der Waals surface area contributed by atoms with Crippen LogP contribution in [-0.2, 0) is 11.3 Å². The number of benzene rings is 1. The Morgan fingerprint density at radius 2 is 2.06 bits per heavy atom. The van der Waals surface area contributed by atoms with Crippen molar-refractivity contribution in [3.05, 3.63) is 40.4 Å². The molecule has 2 aromatic rings. The van der Waals surface area contributed by atoms with Crippen molar-refractivity contribution in [3.8, 4) is 0 Å². The molecule has 17 heavy (non-hydrogen) atoms. The monoisotopic (exact) mass is 254 g/mol. The van der Waals surface area contributed by atoms with Gasteiger partial charge in [0.05, 0.1) is 10.9 Å². The van der Waals surface area contributed by atoms with Crippen molar-refractivity contribution in [3.63, 3.8) is 0 Å². The van der Waals surface area contributed by atoms with Crippen LogP contribution in [-0.4, -0.2) is 20.6 Å². The molecule has 0 spiro atoms. The minimum absolute atomic E-state index is 0. The second-order valence-electron chi connectivity index (χ2n) is 3.46. The lowest BCUT2D eigenvalue weighted by Crippen LogP contribution is -2.27. The Balaban J connectivity index is 0.00000144. The average molecular weight is 255 g/mol. The van der Waals surface area contributed by atoms with Gasteiger partial charge in [0, 0.05) is 0 Å². The fraction of sp³-hybridized carbons (Fsp3) is 0.182. The van der Waals surface area contributed by atoms with Crippen molar-refractivity contribution in [2.45, 2.75) is 13.5 Å². The normalized spacial score (nSPS) is 9.94. The van der Waals surface area contributed by atoms with E-state index >= 15 is 0 Å². The molecular formula is C11H11ClN2O3. The number of carbonyl (C=O) groups is 1. The van der Waals surface area contributed by atoms with E-state index in [0.29, 0.717) is 16.7 Å². The Morgan fingerprint density at radius 1 is 1.41 bits per heavy atom. The van der Waals surface area contributed by atoms with Crippen LogP contribution in [0.1, 0.15) is 5.82 Å². The maximum Gasteiger partial charge on any atom is 0.323 e. The highest BCUT2D eigenvalue weighted by Gasteiger charge is 2.09. The largest absolute Gasteiger partial charge is 0.480 e. The summed E-state index contributed by atoms with van der Waals surface area (Å²) in [6.07, 6.45) is 0. The Labute approximate surface area is 103 Å². The Bertz CT molecular complexity index is 622. The summed E-state index contributed by atoms with van der Waals surface area (Å²) in [6, 6.07) is 6.89. The molecule has 6 heteroatoms. The van der Waals surface area contributed by atoms with E-state index < -0.39 is 5.97 Å². The highest BCUT2D eigenvalue weighted by Crippen LogP contribution is 2.06. The molecule has 0 aliphatic rings. The number of halogens is 1. The smallest absolute Gasteiger partial charge is 0.323 e. The molecule has 1 aromatic heterocycles. The van der Waals surface area contributed by atoms with Crippen LogP contribution in [0.3, 0.4) is 0 Å². The Kier molecular flexibility index (Phi) is 3.85. The predicted molar refractivity (Wildman–Crippen MR) is 65.6 cm³/mol. The standard InChI is InChI=1S/C11H10N2O3.ClH/c1-7-12-9-5-3-2-4-8(9)11(16)13(7)6-10(14)15;/h2-5H,6H2,1H3,(H,14,15);1H. The van der Waals surface area contributed by atoms with Gasteiger partial charge in [0.1, 0.15) is 12.4 Å². The Morgan fingerprint density at radius 3 is 2.71 bits per heavy atom. The number of fused-ring (bicyclic) bond motifs is 1. The molecular weight excluding hydrogens is 244 g/mol. The van der Waals surface area contributed by atoms with E-state index in [0.717, 1.165) is 4.57 Å². The number of aryl methyl sites for hydroxylation is 1. The summed E-state index contributed by atoms with van der Waals surface area (Å²) >= 11 is 0. The van der Waals surface area contributed by atoms with Crippen LogP contribution in [0, 0.1) is 6.92 Å². The fourth-order valence-corrected chi connectivity index (χ4v) is 1.60. The van der Waals surface area contributed by atoms with E-state index in [1.807, 2.05) is 0 Å². The van der Waals surface area contributed by atoms with E-state index in [2.05, 4.69) is 4.98 Å². The molecule has 0 bridgehead atoms. The summed E-state index contributed by atoms with van der Waals surface area (Å²) in [5, 5.41) is 9.14. The second kappa shape index (κ2) is 4.97. The van der Waals surface area contributed by atoms with Gasteiger partial charge >= 0.3 is 5.97 Å². The van der Waals surface area contributed by atoms with E-state index in [-0.39, 0.29) is 24.5 Å². The van der Waals surface area contributed by atoms with E-state index in [4.69, 9.17) is 5.11 Å². The summed E-state index contributed by atoms with van der Waals surface area (Å²) < 4.78 is 1.16. The van der Waals surface area contributed by atoms with Gasteiger partial charge in [-0.15, -0.1) is 12.4 Å². The lowest BCUT2D eigenvalue weighted by atomic mass is 10.2. The average Bonchev–Trinajstić information content (AvgIpc) is 2.24. The van der Waals surface area contributed by atoms with Gasteiger partial charge in [-0.05, 0) is 19.1 Å². The van der Waals surface area contributed by atoms with Gasteiger partial charge in [0.25, 0.3) is 5.56 Å². The van der Waals surface area contributed by atoms with Crippen LogP contribution < -0.4 is 5.56 Å². The number of hydrogen-bond acceptors (Lipinski definition) is 3. The molecule has 1 N–H and O–H groups in total. The molecule has 0 radical (unpaired) electrons. The lowest BCUT2D eigenvalue weighted by molar-refractivity contribution is -0.137. The first-order valence-electron chi connectivity index (χ1n) is 4.77. The van der Waals surface area contributed by atoms with Crippen LogP contribution in [0.15, 0.2) is 29.1 Å². The highest BCUT2D eigenvalue weighted by molar-refractivity contribution is 5.85. The fourth-order valence-electron chi connectivity index (χ4n) is 1.60. The third-order valence-corrected chi connectivity index (χ3v) is 2.35. The van der Waals surface area contributed by atoms with Crippen LogP contribution in [0.4, 0.5) is 0 Å². The number of nitrogens with zero attached hydrogens (tertiary/aromatic N) is 2. The number of para-hydroxylation sites is 1. The highest BCUT2D eigenvalue weighted by atomic mass is 35.5. The SMILES string of the molecule is Cc1nc2ccccc2c(=O)n1CC(=O)O.Cl. The quantitative estimate of drug-likeness (QED) is 0.874. The van der Waals surface area contributed by atoms with Crippen molar-refractivity contribution >= 4 is 29.3 Å². The van der Waals surface area contributed by atoms with Crippen LogP contribution in [0.5, 0.6) is 0 Å². The number of rotatable bonds is 2. The Hall–Kier alpha value is -1.88. The molecule has 2 rings (SSSR count). The number of hydrogen-bond donors (Lipinski definition) is 1. The number of carboxylic acid groups (broad SMARTS) is 1. The van der Waals surface area contributed by atoms with Crippen molar-refractivity contribution in [2.24, 2.45) is 0 Å². The molecule has 0 aliphatic carbocycles. The zero-order valence-corrected chi connectivity index (χ0v) is 9.90. The van der Waals surface area contributed by atoms with E-state index in [1.54, 1.807) is 31.2 Å². The third-order valence-electron chi connectivity index (χ3n) is 2.35. The molecule has 1 heterocycles. The molecule has 5 nitrogen and oxygen atoms in total. The summed E-state index contributed by atoms with van der Waals surface area (Å²) in [4.78, 5) is 26.8. The molecule has 0 aliphatic heterocycles. The van der Waals surface area contributed by atoms with Crippen molar-refractivity contribution in [1.82, 2.24) is 9.55 Å². The topological polar surface area (TPSA) is 72.2 Å². The zero-order valence-electron chi connectivity index (χ0n) is 9.08. The van der Waals surface area contributed by atoms with Crippen molar-refractivity contribution in [1.29, 1.82) is 0 Å². The molecule has 0 saturated carbocycles. The van der Waals surface area contributed by atoms with E-state index in [9.17, 15) is 9.59 Å². The first-order chi connectivity index (χ1) is 7.59. The molecule has 0 unspecified atom stereocenters. The molecule has 90 valence electrons. The minimum Gasteiger partial charge on any atom is -0.480 e. The third kappa shape index (κ3) is 2.45. The van der Waals surface area contributed by atoms with E-state index in [1.165, 1.54) is 0 Å². The van der Waals surface area contributed by atoms with Gasteiger partial charge in [-0.25, -0.2) is 4.98 Å². The molecule has 0 amide bonds. The molecule has 1 aromatic carbocycles. The number of aliphatic carboxylic acids is 1. The van der Waals surface area contributed by atoms with Gasteiger partial charge < -0.3 is 5.11 Å². The van der Waals surface area contributed by atoms with Gasteiger partial charge in [-0.3, -0.25) is 14.2 Å². The summed E-state index contributed by atoms with van der Waals surface area (Å²) in [7, 11) is 0. The molecule has 0 fully saturated rings. The zero-order chi connectivity index (χ0) is 11.7. The van der Waals surface area contributed by atoms with Crippen LogP contribution in [0.25, 0.3) is 10.9 Å². The summed E-state index contributed by atoms with van der Waals surface area (Å²) in [6.45, 7) is 1.26. The summed E-state index contributed by atoms with van der Waals surface area (Å²) in [5.74, 6) is -0.645. The van der Waals surface area contributed by atoms with Crippen molar-refractivity contribution in [2.75, 3.05) is 0 Å². The lowest BCUT2D eigenvalue weighted by Gasteiger charge is -2.07. The van der Waals surface area contributed by atoms with Crippen LogP contribution >= 0.6 is 12.4 Å². The summed E-state index contributed by atoms with van der Waals surface area (Å²) in [5.41, 5.74) is 0.275. The molecule has 0 atom stereocenters. The maximum atomic E-state index is 11.9. The minimum atomic E-state index is -1.05. The molecule has 0 saturated heterocycles. The second-order valence-corrected chi connectivity index (χ2v) is 3.46. The first-order valence-corrected chi connectivity index (χ1v) is 4.77. The van der Waals surface area contributed by atoms with Gasteiger partial charge in [0.15, 0.2) is 0 Å². The van der Waals surface area contributed by atoms with Crippen LogP contribution in [0.2, 0.25) is 0 Å². The van der Waals surface area contributed by atoms with Gasteiger partial charge in [0.2, 0.25) is 0 Å². The maximum absolute atomic E-state index is 11.9. The van der Waals surface area contributed by atoms with Gasteiger partial charge in [-0.1, -0.05) is 12.1 Å². The predicted octanol–water partition coefficient (Wildman–Crippen LogP) is 1.21. The first kappa shape index (κ1) is 13.2. The van der Waals surface area contributed by atoms with Crippen molar-refractivity contribution < 1.29 is 9.90 Å².